The standard InChI is InChI=1S/C10H15N3OS/c1-2-7-6-9(13-12-7)11-10(14)8-4-3-5-15-8/h6,8H,2-5H2,1H3,(H2,11,12,13,14). The zero-order valence-electron chi connectivity index (χ0n) is 8.75. The molecule has 0 spiro atoms. The third-order valence-electron chi connectivity index (χ3n) is 2.49. The first-order chi connectivity index (χ1) is 7.29. The molecule has 0 aliphatic carbocycles. The van der Waals surface area contributed by atoms with Crippen LogP contribution in [0.1, 0.15) is 25.5 Å². The lowest BCUT2D eigenvalue weighted by molar-refractivity contribution is -0.115. The van der Waals surface area contributed by atoms with E-state index in [1.165, 1.54) is 0 Å². The van der Waals surface area contributed by atoms with Gasteiger partial charge in [-0.1, -0.05) is 6.92 Å². The summed E-state index contributed by atoms with van der Waals surface area (Å²) in [6.45, 7) is 2.05. The number of hydrogen-bond donors (Lipinski definition) is 2. The molecule has 1 aromatic rings. The van der Waals surface area contributed by atoms with E-state index in [1.54, 1.807) is 11.8 Å². The molecule has 1 aliphatic rings. The largest absolute Gasteiger partial charge is 0.308 e. The molecule has 15 heavy (non-hydrogen) atoms. The molecular formula is C10H15N3OS. The number of aromatic nitrogens is 2. The van der Waals surface area contributed by atoms with Crippen molar-refractivity contribution in [2.45, 2.75) is 31.4 Å². The summed E-state index contributed by atoms with van der Waals surface area (Å²) in [6, 6.07) is 1.89. The fraction of sp³-hybridized carbons (Fsp3) is 0.600. The predicted octanol–water partition coefficient (Wildman–Crippen LogP) is 1.81. The quantitative estimate of drug-likeness (QED) is 0.824. The van der Waals surface area contributed by atoms with Gasteiger partial charge in [0.05, 0.1) is 5.25 Å². The highest BCUT2D eigenvalue weighted by molar-refractivity contribution is 8.00. The molecule has 1 atom stereocenters. The Kier molecular flexibility index (Phi) is 3.30. The van der Waals surface area contributed by atoms with Gasteiger partial charge in [0.2, 0.25) is 5.91 Å². The Morgan fingerprint density at radius 2 is 2.67 bits per heavy atom. The van der Waals surface area contributed by atoms with Crippen LogP contribution in [-0.2, 0) is 11.2 Å². The molecule has 1 unspecified atom stereocenters. The number of rotatable bonds is 3. The number of nitrogens with zero attached hydrogens (tertiary/aromatic N) is 1. The van der Waals surface area contributed by atoms with E-state index >= 15 is 0 Å². The minimum Gasteiger partial charge on any atom is -0.308 e. The number of nitrogens with one attached hydrogen (secondary N) is 2. The molecule has 0 bridgehead atoms. The van der Waals surface area contributed by atoms with E-state index in [2.05, 4.69) is 15.5 Å². The highest BCUT2D eigenvalue weighted by Gasteiger charge is 2.23. The first kappa shape index (κ1) is 10.5. The van der Waals surface area contributed by atoms with Crippen LogP contribution in [0.15, 0.2) is 6.07 Å². The van der Waals surface area contributed by atoms with Crippen LogP contribution in [0.5, 0.6) is 0 Å². The van der Waals surface area contributed by atoms with Crippen LogP contribution in [0.4, 0.5) is 5.82 Å². The predicted molar refractivity (Wildman–Crippen MR) is 62.1 cm³/mol. The summed E-state index contributed by atoms with van der Waals surface area (Å²) in [5.41, 5.74) is 1.05. The van der Waals surface area contributed by atoms with Crippen molar-refractivity contribution < 1.29 is 4.79 Å². The van der Waals surface area contributed by atoms with Crippen LogP contribution in [0.2, 0.25) is 0 Å². The van der Waals surface area contributed by atoms with Crippen molar-refractivity contribution in [2.24, 2.45) is 0 Å². The fourth-order valence-corrected chi connectivity index (χ4v) is 2.76. The second-order valence-corrected chi connectivity index (χ2v) is 4.93. The van der Waals surface area contributed by atoms with Gasteiger partial charge in [-0.3, -0.25) is 9.89 Å². The smallest absolute Gasteiger partial charge is 0.238 e. The Bertz CT molecular complexity index is 344. The minimum absolute atomic E-state index is 0.0895. The van der Waals surface area contributed by atoms with Crippen LogP contribution in [0.3, 0.4) is 0 Å². The second-order valence-electron chi connectivity index (χ2n) is 3.62. The van der Waals surface area contributed by atoms with Gasteiger partial charge in [-0.2, -0.15) is 5.10 Å². The number of hydrogen-bond acceptors (Lipinski definition) is 3. The van der Waals surface area contributed by atoms with Crippen LogP contribution in [0, 0.1) is 0 Å². The van der Waals surface area contributed by atoms with Gasteiger partial charge in [-0.15, -0.1) is 11.8 Å². The molecule has 1 amide bonds. The van der Waals surface area contributed by atoms with Crippen molar-refractivity contribution in [3.05, 3.63) is 11.8 Å². The highest BCUT2D eigenvalue weighted by Crippen LogP contribution is 2.26. The summed E-state index contributed by atoms with van der Waals surface area (Å²) < 4.78 is 0. The first-order valence-corrected chi connectivity index (χ1v) is 6.31. The number of anilines is 1. The molecule has 0 aromatic carbocycles. The maximum Gasteiger partial charge on any atom is 0.238 e. The van der Waals surface area contributed by atoms with Crippen LogP contribution >= 0.6 is 11.8 Å². The normalized spacial score (nSPS) is 20.5. The molecule has 1 fully saturated rings. The Morgan fingerprint density at radius 1 is 1.80 bits per heavy atom. The molecule has 5 heteroatoms. The van der Waals surface area contributed by atoms with Crippen molar-refractivity contribution in [2.75, 3.05) is 11.1 Å². The summed E-state index contributed by atoms with van der Waals surface area (Å²) in [7, 11) is 0. The summed E-state index contributed by atoms with van der Waals surface area (Å²) in [4.78, 5) is 11.7. The molecule has 4 nitrogen and oxygen atoms in total. The van der Waals surface area contributed by atoms with Crippen LogP contribution in [0.25, 0.3) is 0 Å². The average Bonchev–Trinajstić information content (AvgIpc) is 2.87. The van der Waals surface area contributed by atoms with Gasteiger partial charge in [-0.25, -0.2) is 0 Å². The average molecular weight is 225 g/mol. The van der Waals surface area contributed by atoms with Crippen molar-refractivity contribution in [1.29, 1.82) is 0 Å². The molecule has 1 aromatic heterocycles. The highest BCUT2D eigenvalue weighted by atomic mass is 32.2. The molecule has 2 rings (SSSR count). The number of aryl methyl sites for hydroxylation is 1. The Balaban J connectivity index is 1.92. The molecule has 2 N–H and O–H groups in total. The molecular weight excluding hydrogens is 210 g/mol. The number of carbonyl (C=O) groups is 1. The van der Waals surface area contributed by atoms with Gasteiger partial charge in [0.25, 0.3) is 0 Å². The van der Waals surface area contributed by atoms with Gasteiger partial charge in [0, 0.05) is 11.8 Å². The Hall–Kier alpha value is -0.970. The topological polar surface area (TPSA) is 57.8 Å². The molecule has 1 saturated heterocycles. The number of aromatic amines is 1. The van der Waals surface area contributed by atoms with Gasteiger partial charge in [-0.05, 0) is 25.0 Å². The lowest BCUT2D eigenvalue weighted by Crippen LogP contribution is -2.23. The summed E-state index contributed by atoms with van der Waals surface area (Å²) in [5.74, 6) is 1.83. The van der Waals surface area contributed by atoms with E-state index in [-0.39, 0.29) is 11.2 Å². The number of carbonyl (C=O) groups excluding carboxylic acids is 1. The second kappa shape index (κ2) is 4.70. The van der Waals surface area contributed by atoms with Crippen molar-refractivity contribution in [3.8, 4) is 0 Å². The van der Waals surface area contributed by atoms with Crippen molar-refractivity contribution in [1.82, 2.24) is 10.2 Å². The fourth-order valence-electron chi connectivity index (χ4n) is 1.60. The van der Waals surface area contributed by atoms with E-state index < -0.39 is 0 Å². The van der Waals surface area contributed by atoms with Gasteiger partial charge < -0.3 is 5.32 Å². The van der Waals surface area contributed by atoms with E-state index in [1.807, 2.05) is 13.0 Å². The van der Waals surface area contributed by atoms with Crippen LogP contribution < -0.4 is 5.32 Å². The minimum atomic E-state index is 0.0895. The number of thioether (sulfide) groups is 1. The van der Waals surface area contributed by atoms with Gasteiger partial charge >= 0.3 is 0 Å². The van der Waals surface area contributed by atoms with E-state index in [9.17, 15) is 4.79 Å². The zero-order chi connectivity index (χ0) is 10.7. The van der Waals surface area contributed by atoms with Crippen molar-refractivity contribution >= 4 is 23.5 Å². The maximum atomic E-state index is 11.7. The van der Waals surface area contributed by atoms with Gasteiger partial charge in [0.15, 0.2) is 5.82 Å². The third kappa shape index (κ3) is 2.53. The summed E-state index contributed by atoms with van der Waals surface area (Å²) in [5, 5.41) is 9.87. The Morgan fingerprint density at radius 3 is 3.27 bits per heavy atom. The van der Waals surface area contributed by atoms with E-state index in [0.717, 1.165) is 30.7 Å². The van der Waals surface area contributed by atoms with Crippen molar-refractivity contribution in [3.63, 3.8) is 0 Å². The Labute approximate surface area is 93.2 Å². The first-order valence-electron chi connectivity index (χ1n) is 5.26. The lowest BCUT2D eigenvalue weighted by atomic mass is 10.2. The zero-order valence-corrected chi connectivity index (χ0v) is 9.56. The van der Waals surface area contributed by atoms with Gasteiger partial charge in [0.1, 0.15) is 0 Å². The summed E-state index contributed by atoms with van der Waals surface area (Å²) >= 11 is 1.73. The molecule has 0 saturated carbocycles. The lowest BCUT2D eigenvalue weighted by Gasteiger charge is -2.06. The third-order valence-corrected chi connectivity index (χ3v) is 3.86. The SMILES string of the molecule is CCc1cc(NC(=O)C2CCCS2)n[nH]1. The maximum absolute atomic E-state index is 11.7. The van der Waals surface area contributed by atoms with E-state index in [4.69, 9.17) is 0 Å². The van der Waals surface area contributed by atoms with Crippen LogP contribution in [-0.4, -0.2) is 27.1 Å². The van der Waals surface area contributed by atoms with E-state index in [0.29, 0.717) is 5.82 Å². The summed E-state index contributed by atoms with van der Waals surface area (Å²) in [6.07, 6.45) is 3.03. The molecule has 2 heterocycles. The molecule has 1 aliphatic heterocycles. The number of amides is 1. The molecule has 82 valence electrons. The monoisotopic (exact) mass is 225 g/mol. The number of H-pyrrole nitrogens is 1. The molecule has 0 radical (unpaired) electrons.